The van der Waals surface area contributed by atoms with E-state index in [1.807, 2.05) is 18.7 Å². The van der Waals surface area contributed by atoms with Crippen LogP contribution in [0.1, 0.15) is 54.4 Å². The molecule has 0 spiro atoms. The molecule has 1 aliphatic heterocycles. The number of hydrogen-bond donors (Lipinski definition) is 1. The standard InChI is InChI=1S/C16H32N2O2/c1-11(2)9-14-16(19)18(7-8-20-13(5)6)15(17-14)10-12(3)4/h11-15,17H,7-10H2,1-6H3. The third kappa shape index (κ3) is 5.41. The van der Waals surface area contributed by atoms with Crippen LogP contribution in [0.15, 0.2) is 0 Å². The van der Waals surface area contributed by atoms with Crippen molar-refractivity contribution in [2.75, 3.05) is 13.2 Å². The number of carbonyl (C=O) groups excluding carboxylic acids is 1. The van der Waals surface area contributed by atoms with Crippen molar-refractivity contribution in [1.29, 1.82) is 0 Å². The van der Waals surface area contributed by atoms with Crippen LogP contribution in [0.4, 0.5) is 0 Å². The van der Waals surface area contributed by atoms with E-state index in [1.165, 1.54) is 0 Å². The molecule has 0 radical (unpaired) electrons. The van der Waals surface area contributed by atoms with Crippen molar-refractivity contribution in [2.45, 2.75) is 72.7 Å². The molecule has 4 nitrogen and oxygen atoms in total. The van der Waals surface area contributed by atoms with E-state index in [-0.39, 0.29) is 24.2 Å². The number of nitrogens with zero attached hydrogens (tertiary/aromatic N) is 1. The molecule has 1 heterocycles. The first-order valence-electron chi connectivity index (χ1n) is 7.99. The SMILES string of the molecule is CC(C)CC1NC(CC(C)C)N(CCOC(C)C)C1=O. The zero-order valence-electron chi connectivity index (χ0n) is 14.0. The van der Waals surface area contributed by atoms with Gasteiger partial charge in [0.05, 0.1) is 24.9 Å². The summed E-state index contributed by atoms with van der Waals surface area (Å²) < 4.78 is 5.60. The van der Waals surface area contributed by atoms with Crippen molar-refractivity contribution >= 4 is 5.91 Å². The fraction of sp³-hybridized carbons (Fsp3) is 0.938. The van der Waals surface area contributed by atoms with Crippen LogP contribution in [0.5, 0.6) is 0 Å². The molecular weight excluding hydrogens is 252 g/mol. The molecule has 0 aromatic carbocycles. The molecule has 0 aliphatic carbocycles. The molecule has 1 fully saturated rings. The highest BCUT2D eigenvalue weighted by atomic mass is 16.5. The Labute approximate surface area is 124 Å². The molecule has 1 N–H and O–H groups in total. The second-order valence-corrected chi connectivity index (χ2v) is 6.95. The Balaban J connectivity index is 2.61. The molecule has 2 unspecified atom stereocenters. The van der Waals surface area contributed by atoms with Gasteiger partial charge >= 0.3 is 0 Å². The summed E-state index contributed by atoms with van der Waals surface area (Å²) in [5.41, 5.74) is 0. The van der Waals surface area contributed by atoms with Crippen molar-refractivity contribution in [3.8, 4) is 0 Å². The quantitative estimate of drug-likeness (QED) is 0.745. The van der Waals surface area contributed by atoms with E-state index in [1.54, 1.807) is 0 Å². The lowest BCUT2D eigenvalue weighted by atomic mass is 10.0. The van der Waals surface area contributed by atoms with Gasteiger partial charge in [0, 0.05) is 6.54 Å². The van der Waals surface area contributed by atoms with Crippen LogP contribution >= 0.6 is 0 Å². The number of nitrogens with one attached hydrogen (secondary N) is 1. The predicted molar refractivity (Wildman–Crippen MR) is 82.4 cm³/mol. The number of rotatable bonds is 8. The lowest BCUT2D eigenvalue weighted by Crippen LogP contribution is -2.40. The Morgan fingerprint density at radius 3 is 2.20 bits per heavy atom. The summed E-state index contributed by atoms with van der Waals surface area (Å²) in [4.78, 5) is 14.5. The maximum Gasteiger partial charge on any atom is 0.241 e. The molecule has 0 saturated carbocycles. The van der Waals surface area contributed by atoms with Crippen LogP contribution in [0, 0.1) is 11.8 Å². The van der Waals surface area contributed by atoms with Gasteiger partial charge in [-0.15, -0.1) is 0 Å². The first-order valence-corrected chi connectivity index (χ1v) is 7.99. The van der Waals surface area contributed by atoms with E-state index in [0.29, 0.717) is 25.0 Å². The summed E-state index contributed by atoms with van der Waals surface area (Å²) in [5.74, 6) is 1.35. The minimum Gasteiger partial charge on any atom is -0.377 e. The highest BCUT2D eigenvalue weighted by molar-refractivity contribution is 5.84. The van der Waals surface area contributed by atoms with Crippen LogP contribution < -0.4 is 5.32 Å². The second kappa shape index (κ2) is 7.99. The summed E-state index contributed by atoms with van der Waals surface area (Å²) >= 11 is 0. The van der Waals surface area contributed by atoms with Gasteiger partial charge in [-0.05, 0) is 38.5 Å². The predicted octanol–water partition coefficient (Wildman–Crippen LogP) is 2.63. The Bertz CT molecular complexity index is 303. The normalized spacial score (nSPS) is 23.6. The molecule has 4 heteroatoms. The molecule has 1 saturated heterocycles. The summed E-state index contributed by atoms with van der Waals surface area (Å²) in [5, 5.41) is 3.51. The Morgan fingerprint density at radius 1 is 1.10 bits per heavy atom. The van der Waals surface area contributed by atoms with Gasteiger partial charge in [-0.2, -0.15) is 0 Å². The first kappa shape index (κ1) is 17.4. The Morgan fingerprint density at radius 2 is 1.70 bits per heavy atom. The number of ether oxygens (including phenoxy) is 1. The average Bonchev–Trinajstić information content (AvgIpc) is 2.55. The molecule has 118 valence electrons. The van der Waals surface area contributed by atoms with Gasteiger partial charge in [-0.25, -0.2) is 0 Å². The number of carbonyl (C=O) groups is 1. The molecule has 20 heavy (non-hydrogen) atoms. The molecule has 0 bridgehead atoms. The van der Waals surface area contributed by atoms with Crippen LogP contribution in [0.25, 0.3) is 0 Å². The summed E-state index contributed by atoms with van der Waals surface area (Å²) in [6.07, 6.45) is 2.30. The van der Waals surface area contributed by atoms with Crippen LogP contribution in [0.2, 0.25) is 0 Å². The number of hydrogen-bond acceptors (Lipinski definition) is 3. The summed E-state index contributed by atoms with van der Waals surface area (Å²) in [6, 6.07) is -0.0159. The van der Waals surface area contributed by atoms with Gasteiger partial charge < -0.3 is 9.64 Å². The summed E-state index contributed by atoms with van der Waals surface area (Å²) in [6.45, 7) is 14.1. The maximum absolute atomic E-state index is 12.5. The Hall–Kier alpha value is -0.610. The second-order valence-electron chi connectivity index (χ2n) is 6.95. The van der Waals surface area contributed by atoms with E-state index < -0.39 is 0 Å². The van der Waals surface area contributed by atoms with Crippen molar-refractivity contribution < 1.29 is 9.53 Å². The lowest BCUT2D eigenvalue weighted by Gasteiger charge is -2.25. The van der Waals surface area contributed by atoms with Gasteiger partial charge in [0.25, 0.3) is 0 Å². The van der Waals surface area contributed by atoms with Crippen LogP contribution in [-0.4, -0.2) is 42.3 Å². The topological polar surface area (TPSA) is 41.6 Å². The molecule has 1 aliphatic rings. The monoisotopic (exact) mass is 284 g/mol. The average molecular weight is 284 g/mol. The third-order valence-corrected chi connectivity index (χ3v) is 3.54. The minimum atomic E-state index is -0.0159. The largest absolute Gasteiger partial charge is 0.377 e. The zero-order chi connectivity index (χ0) is 15.3. The Kier molecular flexibility index (Phi) is 6.96. The van der Waals surface area contributed by atoms with Crippen molar-refractivity contribution in [1.82, 2.24) is 10.2 Å². The highest BCUT2D eigenvalue weighted by Crippen LogP contribution is 2.21. The molecule has 1 rings (SSSR count). The van der Waals surface area contributed by atoms with E-state index in [9.17, 15) is 4.79 Å². The smallest absolute Gasteiger partial charge is 0.241 e. The minimum absolute atomic E-state index is 0.0159. The van der Waals surface area contributed by atoms with Gasteiger partial charge in [-0.3, -0.25) is 10.1 Å². The molecule has 0 aromatic heterocycles. The molecular formula is C16H32N2O2. The van der Waals surface area contributed by atoms with Gasteiger partial charge in [0.2, 0.25) is 5.91 Å². The van der Waals surface area contributed by atoms with Crippen molar-refractivity contribution in [3.63, 3.8) is 0 Å². The van der Waals surface area contributed by atoms with E-state index in [0.717, 1.165) is 12.8 Å². The maximum atomic E-state index is 12.5. The van der Waals surface area contributed by atoms with Gasteiger partial charge in [-0.1, -0.05) is 27.7 Å². The lowest BCUT2D eigenvalue weighted by molar-refractivity contribution is -0.131. The van der Waals surface area contributed by atoms with E-state index >= 15 is 0 Å². The van der Waals surface area contributed by atoms with Crippen LogP contribution in [0.3, 0.4) is 0 Å². The fourth-order valence-corrected chi connectivity index (χ4v) is 2.68. The number of amides is 1. The third-order valence-electron chi connectivity index (χ3n) is 3.54. The molecule has 0 aromatic rings. The molecule has 1 amide bonds. The fourth-order valence-electron chi connectivity index (χ4n) is 2.68. The first-order chi connectivity index (χ1) is 9.31. The summed E-state index contributed by atoms with van der Waals surface area (Å²) in [7, 11) is 0. The van der Waals surface area contributed by atoms with Crippen LogP contribution in [-0.2, 0) is 9.53 Å². The van der Waals surface area contributed by atoms with E-state index in [2.05, 4.69) is 33.0 Å². The highest BCUT2D eigenvalue weighted by Gasteiger charge is 2.38. The van der Waals surface area contributed by atoms with E-state index in [4.69, 9.17) is 4.74 Å². The van der Waals surface area contributed by atoms with Gasteiger partial charge in [0.1, 0.15) is 0 Å². The van der Waals surface area contributed by atoms with Gasteiger partial charge in [0.15, 0.2) is 0 Å². The molecule has 2 atom stereocenters. The van der Waals surface area contributed by atoms with Crippen molar-refractivity contribution in [2.24, 2.45) is 11.8 Å². The van der Waals surface area contributed by atoms with Crippen molar-refractivity contribution in [3.05, 3.63) is 0 Å². The zero-order valence-corrected chi connectivity index (χ0v) is 14.0.